The predicted octanol–water partition coefficient (Wildman–Crippen LogP) is 1.48. The molecule has 6 rings (SSSR count). The third kappa shape index (κ3) is 8.70. The van der Waals surface area contributed by atoms with E-state index in [1.807, 2.05) is 13.8 Å². The first-order valence-corrected chi connectivity index (χ1v) is 16.9. The van der Waals surface area contributed by atoms with Gasteiger partial charge in [0.15, 0.2) is 10.8 Å². The van der Waals surface area contributed by atoms with E-state index in [-0.39, 0.29) is 43.0 Å². The van der Waals surface area contributed by atoms with Crippen molar-refractivity contribution in [3.05, 3.63) is 59.4 Å². The highest BCUT2D eigenvalue weighted by Gasteiger charge is 2.38. The van der Waals surface area contributed by atoms with Gasteiger partial charge in [-0.25, -0.2) is 15.0 Å². The van der Waals surface area contributed by atoms with E-state index in [0.29, 0.717) is 42.4 Å². The zero-order valence-corrected chi connectivity index (χ0v) is 27.9. The minimum atomic E-state index is -1.07. The Morgan fingerprint density at radius 1 is 1.06 bits per heavy atom. The summed E-state index contributed by atoms with van der Waals surface area (Å²) in [5.41, 5.74) is 0.821. The molecule has 0 aliphatic carbocycles. The van der Waals surface area contributed by atoms with E-state index in [0.717, 1.165) is 5.56 Å². The number of fused-ring (bicyclic) bond motifs is 14. The number of nitrogens with one attached hydrogen (secondary N) is 4. The first kappa shape index (κ1) is 34.4. The molecule has 2 aromatic heterocycles. The number of rotatable bonds is 5. The Balaban J connectivity index is 1.38. The van der Waals surface area contributed by atoms with Gasteiger partial charge in [-0.2, -0.15) is 0 Å². The first-order chi connectivity index (χ1) is 23.1. The molecule has 3 aliphatic heterocycles. The van der Waals surface area contributed by atoms with E-state index in [1.54, 1.807) is 48.1 Å². The zero-order valence-electron chi connectivity index (χ0n) is 27.1. The van der Waals surface area contributed by atoms with Gasteiger partial charge in [0.2, 0.25) is 23.6 Å². The van der Waals surface area contributed by atoms with Crippen molar-refractivity contribution in [2.45, 2.75) is 70.6 Å². The van der Waals surface area contributed by atoms with E-state index in [9.17, 15) is 24.0 Å². The fraction of sp³-hybridized carbons (Fsp3) is 0.455. The van der Waals surface area contributed by atoms with E-state index in [1.165, 1.54) is 23.2 Å². The topological polar surface area (TPSA) is 185 Å². The van der Waals surface area contributed by atoms with E-state index >= 15 is 0 Å². The summed E-state index contributed by atoms with van der Waals surface area (Å²) in [5.74, 6) is -1.34. The lowest BCUT2D eigenvalue weighted by Gasteiger charge is -2.30. The van der Waals surface area contributed by atoms with Gasteiger partial charge in [-0.15, -0.1) is 11.3 Å². The SMILES string of the molecule is CC(C)C[C@@H]1NC(=O)[C@@H](C)NC(=O)[C@@H](NC(=O)c2csc(-c3ncccn3)n2)Cc2ccc(cc2)OCCNC(=O)[C@H]2CCCN2C1=O. The van der Waals surface area contributed by atoms with E-state index < -0.39 is 41.9 Å². The van der Waals surface area contributed by atoms with Crippen LogP contribution in [0.4, 0.5) is 0 Å². The lowest BCUT2D eigenvalue weighted by molar-refractivity contribution is -0.142. The Bertz CT molecular complexity index is 1620. The molecule has 0 radical (unpaired) electrons. The Morgan fingerprint density at radius 2 is 1.81 bits per heavy atom. The monoisotopic (exact) mass is 676 g/mol. The van der Waals surface area contributed by atoms with Gasteiger partial charge in [0, 0.05) is 30.7 Å². The normalized spacial score (nSPS) is 22.7. The van der Waals surface area contributed by atoms with Crippen LogP contribution in [0.1, 0.15) is 56.1 Å². The van der Waals surface area contributed by atoms with Gasteiger partial charge < -0.3 is 30.9 Å². The maximum Gasteiger partial charge on any atom is 0.271 e. The van der Waals surface area contributed by atoms with Crippen molar-refractivity contribution >= 4 is 40.9 Å². The van der Waals surface area contributed by atoms with Crippen LogP contribution in [0.25, 0.3) is 10.8 Å². The van der Waals surface area contributed by atoms with Gasteiger partial charge in [0.05, 0.1) is 6.54 Å². The van der Waals surface area contributed by atoms with Crippen molar-refractivity contribution in [3.63, 3.8) is 0 Å². The van der Waals surface area contributed by atoms with Crippen molar-refractivity contribution in [3.8, 4) is 16.6 Å². The molecule has 3 aromatic rings. The number of carbonyl (C=O) groups is 5. The third-order valence-electron chi connectivity index (χ3n) is 8.06. The summed E-state index contributed by atoms with van der Waals surface area (Å²) < 4.78 is 5.81. The minimum absolute atomic E-state index is 0.0621. The zero-order chi connectivity index (χ0) is 34.2. The number of benzene rings is 1. The van der Waals surface area contributed by atoms with Crippen molar-refractivity contribution < 1.29 is 28.7 Å². The number of hydrogen-bond acceptors (Lipinski definition) is 10. The fourth-order valence-electron chi connectivity index (χ4n) is 5.62. The summed E-state index contributed by atoms with van der Waals surface area (Å²) in [6.45, 7) is 6.24. The van der Waals surface area contributed by atoms with Crippen molar-refractivity contribution in [1.29, 1.82) is 0 Å². The molecule has 15 heteroatoms. The van der Waals surface area contributed by atoms with Crippen LogP contribution in [-0.2, 0) is 25.6 Å². The van der Waals surface area contributed by atoms with Crippen LogP contribution < -0.4 is 26.0 Å². The van der Waals surface area contributed by atoms with Crippen molar-refractivity contribution in [1.82, 2.24) is 41.1 Å². The lowest BCUT2D eigenvalue weighted by Crippen LogP contribution is -2.58. The average molecular weight is 677 g/mol. The number of nitrogens with zero attached hydrogens (tertiary/aromatic N) is 4. The summed E-state index contributed by atoms with van der Waals surface area (Å²) in [6, 6.07) is 5.06. The Labute approximate surface area is 282 Å². The molecule has 0 unspecified atom stereocenters. The van der Waals surface area contributed by atoms with Gasteiger partial charge in [-0.05, 0) is 55.9 Å². The average Bonchev–Trinajstić information content (AvgIpc) is 3.77. The quantitative estimate of drug-likeness (QED) is 0.311. The summed E-state index contributed by atoms with van der Waals surface area (Å²) >= 11 is 1.20. The molecule has 4 atom stereocenters. The third-order valence-corrected chi connectivity index (χ3v) is 8.90. The highest BCUT2D eigenvalue weighted by molar-refractivity contribution is 7.13. The van der Waals surface area contributed by atoms with Gasteiger partial charge in [-0.3, -0.25) is 24.0 Å². The molecule has 1 fully saturated rings. The molecule has 0 saturated carbocycles. The fourth-order valence-corrected chi connectivity index (χ4v) is 6.37. The van der Waals surface area contributed by atoms with Crippen LogP contribution in [0.2, 0.25) is 0 Å². The summed E-state index contributed by atoms with van der Waals surface area (Å²) in [7, 11) is 0. The highest BCUT2D eigenvalue weighted by atomic mass is 32.1. The molecule has 4 N–H and O–H groups in total. The van der Waals surface area contributed by atoms with Gasteiger partial charge >= 0.3 is 0 Å². The smallest absolute Gasteiger partial charge is 0.271 e. The summed E-state index contributed by atoms with van der Waals surface area (Å²) in [4.78, 5) is 81.4. The van der Waals surface area contributed by atoms with Gasteiger partial charge in [-0.1, -0.05) is 26.0 Å². The maximum absolute atomic E-state index is 13.7. The second-order valence-corrected chi connectivity index (χ2v) is 13.1. The maximum atomic E-state index is 13.7. The predicted molar refractivity (Wildman–Crippen MR) is 177 cm³/mol. The molecule has 1 aromatic carbocycles. The Kier molecular flexibility index (Phi) is 11.3. The highest BCUT2D eigenvalue weighted by Crippen LogP contribution is 2.22. The van der Waals surface area contributed by atoms with Gasteiger partial charge in [0.1, 0.15) is 42.2 Å². The van der Waals surface area contributed by atoms with Crippen LogP contribution in [0.3, 0.4) is 0 Å². The Hall–Kier alpha value is -4.92. The molecular weight excluding hydrogens is 636 g/mol. The van der Waals surface area contributed by atoms with Crippen molar-refractivity contribution in [2.75, 3.05) is 19.7 Å². The second-order valence-electron chi connectivity index (χ2n) is 12.2. The molecule has 48 heavy (non-hydrogen) atoms. The largest absolute Gasteiger partial charge is 0.492 e. The second kappa shape index (κ2) is 15.8. The molecule has 254 valence electrons. The van der Waals surface area contributed by atoms with Crippen LogP contribution in [0.15, 0.2) is 48.1 Å². The molecule has 5 amide bonds. The van der Waals surface area contributed by atoms with Crippen LogP contribution in [0.5, 0.6) is 5.75 Å². The number of aromatic nitrogens is 3. The standard InChI is InChI=1S/C33H40N8O6S/c1-19(2)16-24-33(46)41-14-4-6-26(41)31(45)36-13-15-47-22-9-7-21(8-10-22)17-23(29(43)37-20(3)28(42)39-24)38-30(44)25-18-48-32(40-25)27-34-11-5-12-35-27/h5,7-12,18-20,23-24,26H,4,6,13-17H2,1-3H3,(H,36,45)(H,37,43)(H,38,44)(H,39,42)/t20-,23+,24+,26-/m1/s1. The number of thiazole rings is 1. The minimum Gasteiger partial charge on any atom is -0.492 e. The number of carbonyl (C=O) groups excluding carboxylic acids is 5. The molecule has 0 spiro atoms. The first-order valence-electron chi connectivity index (χ1n) is 16.0. The van der Waals surface area contributed by atoms with Crippen LogP contribution in [0, 0.1) is 5.92 Å². The number of amides is 5. The summed E-state index contributed by atoms with van der Waals surface area (Å²) in [6.07, 6.45) is 4.79. The number of ether oxygens (including phenoxy) is 1. The van der Waals surface area contributed by atoms with Crippen molar-refractivity contribution in [2.24, 2.45) is 5.92 Å². The van der Waals surface area contributed by atoms with Crippen LogP contribution >= 0.6 is 11.3 Å². The molecule has 5 heterocycles. The number of hydrogen-bond donors (Lipinski definition) is 4. The van der Waals surface area contributed by atoms with Crippen LogP contribution in [-0.4, -0.2) is 93.3 Å². The molecule has 14 nitrogen and oxygen atoms in total. The Morgan fingerprint density at radius 3 is 2.54 bits per heavy atom. The van der Waals surface area contributed by atoms with E-state index in [2.05, 4.69) is 36.2 Å². The van der Waals surface area contributed by atoms with E-state index in [4.69, 9.17) is 4.74 Å². The molecule has 1 saturated heterocycles. The molecule has 2 bridgehead atoms. The lowest BCUT2D eigenvalue weighted by atomic mass is 10.0. The molecule has 3 aliphatic rings. The van der Waals surface area contributed by atoms with Gasteiger partial charge in [0.25, 0.3) is 5.91 Å². The summed E-state index contributed by atoms with van der Waals surface area (Å²) in [5, 5.41) is 13.2. The molecular formula is C33H40N8O6S.